The van der Waals surface area contributed by atoms with Crippen molar-refractivity contribution in [1.29, 1.82) is 0 Å². The van der Waals surface area contributed by atoms with Crippen molar-refractivity contribution in [1.82, 2.24) is 24.8 Å². The maximum absolute atomic E-state index is 13.9. The lowest BCUT2D eigenvalue weighted by molar-refractivity contribution is -0.136. The van der Waals surface area contributed by atoms with Crippen LogP contribution in [0.5, 0.6) is 0 Å². The lowest BCUT2D eigenvalue weighted by atomic mass is 9.91. The highest BCUT2D eigenvalue weighted by Gasteiger charge is 2.38. The van der Waals surface area contributed by atoms with Gasteiger partial charge in [0.15, 0.2) is 0 Å². The second-order valence-electron chi connectivity index (χ2n) is 8.89. The van der Waals surface area contributed by atoms with Gasteiger partial charge in [0.05, 0.1) is 28.4 Å². The molecule has 32 heavy (non-hydrogen) atoms. The molecular weight excluding hydrogens is 423 g/mol. The Bertz CT molecular complexity index is 1130. The van der Waals surface area contributed by atoms with Gasteiger partial charge in [-0.2, -0.15) is 18.3 Å². The van der Waals surface area contributed by atoms with Crippen molar-refractivity contribution < 1.29 is 22.5 Å². The lowest BCUT2D eigenvalue weighted by Crippen LogP contribution is -2.39. The number of pyridine rings is 1. The molecule has 0 N–H and O–H groups in total. The maximum atomic E-state index is 13.9. The first kappa shape index (κ1) is 22.3. The van der Waals surface area contributed by atoms with Crippen molar-refractivity contribution in [2.45, 2.75) is 64.6 Å². The van der Waals surface area contributed by atoms with Gasteiger partial charge < -0.3 is 9.42 Å². The monoisotopic (exact) mass is 449 g/mol. The molecule has 0 radical (unpaired) electrons. The Morgan fingerprint density at radius 1 is 1.25 bits per heavy atom. The average Bonchev–Trinajstić information content (AvgIpc) is 3.39. The predicted octanol–water partition coefficient (Wildman–Crippen LogP) is 5.16. The van der Waals surface area contributed by atoms with Crippen LogP contribution in [-0.4, -0.2) is 43.8 Å². The van der Waals surface area contributed by atoms with Crippen LogP contribution < -0.4 is 0 Å². The zero-order valence-electron chi connectivity index (χ0n) is 18.5. The second-order valence-corrected chi connectivity index (χ2v) is 8.89. The van der Waals surface area contributed by atoms with Crippen molar-refractivity contribution in [3.63, 3.8) is 0 Å². The lowest BCUT2D eigenvalue weighted by Gasteiger charge is -2.31. The molecular formula is C22H26F3N5O2. The summed E-state index contributed by atoms with van der Waals surface area (Å²) in [5, 5.41) is 8.10. The van der Waals surface area contributed by atoms with E-state index >= 15 is 0 Å². The number of piperidine rings is 1. The largest absolute Gasteiger partial charge is 0.417 e. The molecule has 3 aromatic rings. The molecule has 1 aliphatic rings. The van der Waals surface area contributed by atoms with E-state index in [-0.39, 0.29) is 47.1 Å². The molecule has 1 fully saturated rings. The average molecular weight is 449 g/mol. The number of halogens is 3. The molecule has 4 heterocycles. The molecule has 0 bridgehead atoms. The summed E-state index contributed by atoms with van der Waals surface area (Å²) in [6.07, 6.45) is -0.0830. The molecule has 7 nitrogen and oxygen atoms in total. The molecule has 1 amide bonds. The minimum absolute atomic E-state index is 0.103. The zero-order valence-corrected chi connectivity index (χ0v) is 18.5. The number of nitrogens with zero attached hydrogens (tertiary/aromatic N) is 5. The summed E-state index contributed by atoms with van der Waals surface area (Å²) in [7, 11) is 0. The molecule has 0 aliphatic carbocycles. The molecule has 10 heteroatoms. The molecule has 1 unspecified atom stereocenters. The van der Waals surface area contributed by atoms with Crippen molar-refractivity contribution in [3.8, 4) is 0 Å². The number of carbonyl (C=O) groups is 1. The number of hydrogen-bond acceptors (Lipinski definition) is 5. The number of rotatable bonds is 4. The van der Waals surface area contributed by atoms with Crippen LogP contribution >= 0.6 is 0 Å². The third kappa shape index (κ3) is 4.10. The fourth-order valence-corrected chi connectivity index (χ4v) is 4.09. The minimum atomic E-state index is -4.57. The number of aromatic nitrogens is 4. The van der Waals surface area contributed by atoms with Gasteiger partial charge in [-0.15, -0.1) is 0 Å². The summed E-state index contributed by atoms with van der Waals surface area (Å²) in [6.45, 7) is 8.27. The third-order valence-electron chi connectivity index (χ3n) is 5.86. The summed E-state index contributed by atoms with van der Waals surface area (Å²) < 4.78 is 48.7. The van der Waals surface area contributed by atoms with Crippen LogP contribution in [0.2, 0.25) is 0 Å². The first-order valence-corrected chi connectivity index (χ1v) is 10.8. The highest BCUT2D eigenvalue weighted by Crippen LogP contribution is 2.40. The topological polar surface area (TPSA) is 77.0 Å². The van der Waals surface area contributed by atoms with Gasteiger partial charge in [-0.3, -0.25) is 9.48 Å². The zero-order chi connectivity index (χ0) is 23.2. The summed E-state index contributed by atoms with van der Waals surface area (Å²) in [5.41, 5.74) is 0.0773. The van der Waals surface area contributed by atoms with Crippen LogP contribution in [0.3, 0.4) is 0 Å². The van der Waals surface area contributed by atoms with Gasteiger partial charge in [0.25, 0.3) is 11.6 Å². The first-order valence-electron chi connectivity index (χ1n) is 10.8. The molecule has 4 rings (SSSR count). The molecule has 172 valence electrons. The van der Waals surface area contributed by atoms with E-state index in [0.717, 1.165) is 6.07 Å². The molecule has 0 aromatic carbocycles. The van der Waals surface area contributed by atoms with E-state index in [9.17, 15) is 18.0 Å². The van der Waals surface area contributed by atoms with E-state index in [4.69, 9.17) is 4.52 Å². The number of carbonyl (C=O) groups excluding carboxylic acids is 1. The van der Waals surface area contributed by atoms with Gasteiger partial charge in [-0.05, 0) is 38.7 Å². The van der Waals surface area contributed by atoms with Crippen LogP contribution in [0, 0.1) is 0 Å². The number of likely N-dealkylation sites (tertiary alicyclic amines) is 1. The van der Waals surface area contributed by atoms with Gasteiger partial charge in [-0.1, -0.05) is 19.0 Å². The standard InChI is InChI=1S/C22H26F3N5O2/c1-12(2)17-8-16(22(23,24)25)18-19(28-32-20(18)27-17)14-6-5-7-29(10-14)21(31)15-9-26-30(11-15)13(3)4/h8-9,11-14H,5-7,10H2,1-4H3. The number of alkyl halides is 3. The van der Waals surface area contributed by atoms with Crippen molar-refractivity contribution in [2.75, 3.05) is 13.1 Å². The Balaban J connectivity index is 1.67. The van der Waals surface area contributed by atoms with Crippen molar-refractivity contribution >= 4 is 17.0 Å². The number of amides is 1. The van der Waals surface area contributed by atoms with Crippen LogP contribution in [0.1, 0.15) is 85.7 Å². The van der Waals surface area contributed by atoms with E-state index in [1.165, 1.54) is 6.20 Å². The quantitative estimate of drug-likeness (QED) is 0.550. The van der Waals surface area contributed by atoms with Gasteiger partial charge in [0.1, 0.15) is 0 Å². The summed E-state index contributed by atoms with van der Waals surface area (Å²) in [4.78, 5) is 18.9. The Labute approximate surface area is 183 Å². The minimum Gasteiger partial charge on any atom is -0.338 e. The van der Waals surface area contributed by atoms with Crippen LogP contribution in [0.15, 0.2) is 23.0 Å². The van der Waals surface area contributed by atoms with Gasteiger partial charge in [0, 0.05) is 36.9 Å². The Kier molecular flexibility index (Phi) is 5.72. The van der Waals surface area contributed by atoms with Gasteiger partial charge >= 0.3 is 6.18 Å². The van der Waals surface area contributed by atoms with E-state index in [2.05, 4.69) is 15.2 Å². The molecule has 0 spiro atoms. The highest BCUT2D eigenvalue weighted by molar-refractivity contribution is 5.94. The van der Waals surface area contributed by atoms with Gasteiger partial charge in [-0.25, -0.2) is 4.98 Å². The Hall–Kier alpha value is -2.91. The second kappa shape index (κ2) is 8.22. The SMILES string of the molecule is CC(C)c1cc(C(F)(F)F)c2c(C3CCCN(C(=O)c4cnn(C(C)C)c4)C3)noc2n1. The van der Waals surface area contributed by atoms with Crippen LogP contribution in [-0.2, 0) is 6.18 Å². The van der Waals surface area contributed by atoms with E-state index < -0.39 is 11.7 Å². The van der Waals surface area contributed by atoms with Crippen molar-refractivity contribution in [3.05, 3.63) is 41.0 Å². The third-order valence-corrected chi connectivity index (χ3v) is 5.86. The summed E-state index contributed by atoms with van der Waals surface area (Å²) in [6, 6.07) is 1.20. The normalized spacial score (nSPS) is 17.7. The maximum Gasteiger partial charge on any atom is 0.417 e. The molecule has 1 aliphatic heterocycles. The fourth-order valence-electron chi connectivity index (χ4n) is 4.09. The van der Waals surface area contributed by atoms with Crippen LogP contribution in [0.4, 0.5) is 13.2 Å². The highest BCUT2D eigenvalue weighted by atomic mass is 19.4. The predicted molar refractivity (Wildman–Crippen MR) is 111 cm³/mol. The fraction of sp³-hybridized carbons (Fsp3) is 0.545. The number of fused-ring (bicyclic) bond motifs is 1. The van der Waals surface area contributed by atoms with Crippen LogP contribution in [0.25, 0.3) is 11.1 Å². The molecule has 1 saturated heterocycles. The first-order chi connectivity index (χ1) is 15.1. The van der Waals surface area contributed by atoms with Crippen molar-refractivity contribution in [2.24, 2.45) is 0 Å². The van der Waals surface area contributed by atoms with Gasteiger partial charge in [0.2, 0.25) is 0 Å². The number of hydrogen-bond donors (Lipinski definition) is 0. The smallest absolute Gasteiger partial charge is 0.338 e. The van der Waals surface area contributed by atoms with E-state index in [0.29, 0.717) is 30.6 Å². The van der Waals surface area contributed by atoms with E-state index in [1.807, 2.05) is 13.8 Å². The van der Waals surface area contributed by atoms with E-state index in [1.54, 1.807) is 29.6 Å². The molecule has 0 saturated carbocycles. The molecule has 3 aromatic heterocycles. The molecule has 1 atom stereocenters. The summed E-state index contributed by atoms with van der Waals surface area (Å²) >= 11 is 0. The summed E-state index contributed by atoms with van der Waals surface area (Å²) in [5.74, 6) is -0.754. The Morgan fingerprint density at radius 2 is 2.00 bits per heavy atom. The Morgan fingerprint density at radius 3 is 2.62 bits per heavy atom.